The van der Waals surface area contributed by atoms with E-state index < -0.39 is 0 Å². The first-order valence-corrected chi connectivity index (χ1v) is 7.64. The largest absolute Gasteiger partial charge is 0.285 e. The molecular formula is C15H17N3OS. The Balaban J connectivity index is 2.44. The van der Waals surface area contributed by atoms with Gasteiger partial charge in [0.2, 0.25) is 0 Å². The lowest BCUT2D eigenvalue weighted by Crippen LogP contribution is -2.25. The Morgan fingerprint density at radius 2 is 2.15 bits per heavy atom. The molecule has 20 heavy (non-hydrogen) atoms. The molecule has 0 amide bonds. The van der Waals surface area contributed by atoms with E-state index in [1.165, 1.54) is 0 Å². The zero-order valence-electron chi connectivity index (χ0n) is 11.7. The summed E-state index contributed by atoms with van der Waals surface area (Å²) in [5, 5.41) is 9.95. The fourth-order valence-electron chi connectivity index (χ4n) is 2.00. The minimum Gasteiger partial charge on any atom is -0.285 e. The molecule has 0 radical (unpaired) electrons. The van der Waals surface area contributed by atoms with Crippen molar-refractivity contribution >= 4 is 22.7 Å². The molecule has 1 aromatic carbocycles. The van der Waals surface area contributed by atoms with Gasteiger partial charge in [-0.1, -0.05) is 23.9 Å². The predicted octanol–water partition coefficient (Wildman–Crippen LogP) is 3.37. The number of thioether (sulfide) groups is 1. The highest BCUT2D eigenvalue weighted by molar-refractivity contribution is 7.99. The van der Waals surface area contributed by atoms with Gasteiger partial charge in [0.15, 0.2) is 5.16 Å². The lowest BCUT2D eigenvalue weighted by Gasteiger charge is -2.15. The van der Waals surface area contributed by atoms with Crippen LogP contribution in [0.25, 0.3) is 10.9 Å². The van der Waals surface area contributed by atoms with Crippen LogP contribution in [0.2, 0.25) is 0 Å². The lowest BCUT2D eigenvalue weighted by atomic mass is 10.2. The molecule has 0 saturated carbocycles. The van der Waals surface area contributed by atoms with Crippen LogP contribution < -0.4 is 5.56 Å². The molecule has 104 valence electrons. The summed E-state index contributed by atoms with van der Waals surface area (Å²) in [5.74, 6) is 0.797. The predicted molar refractivity (Wildman–Crippen MR) is 82.0 cm³/mol. The number of unbranched alkanes of at least 4 members (excludes halogenated alkanes) is 1. The number of hydrogen-bond donors (Lipinski definition) is 0. The van der Waals surface area contributed by atoms with Gasteiger partial charge in [0, 0.05) is 18.2 Å². The molecule has 0 spiro atoms. The highest BCUT2D eigenvalue weighted by atomic mass is 32.2. The van der Waals surface area contributed by atoms with Crippen molar-refractivity contribution in [3.8, 4) is 6.07 Å². The number of nitriles is 1. The molecule has 0 aliphatic carbocycles. The van der Waals surface area contributed by atoms with Crippen molar-refractivity contribution in [1.29, 1.82) is 5.26 Å². The van der Waals surface area contributed by atoms with E-state index in [-0.39, 0.29) is 11.6 Å². The van der Waals surface area contributed by atoms with Crippen LogP contribution in [0.4, 0.5) is 0 Å². The fraction of sp³-hybridized carbons (Fsp3) is 0.400. The van der Waals surface area contributed by atoms with Crippen LogP contribution in [0.5, 0.6) is 0 Å². The van der Waals surface area contributed by atoms with Crippen molar-refractivity contribution in [2.45, 2.75) is 37.9 Å². The number of nitrogens with zero attached hydrogens (tertiary/aromatic N) is 3. The number of hydrogen-bond acceptors (Lipinski definition) is 4. The van der Waals surface area contributed by atoms with Gasteiger partial charge in [-0.15, -0.1) is 0 Å². The van der Waals surface area contributed by atoms with Crippen molar-refractivity contribution in [2.24, 2.45) is 0 Å². The molecular weight excluding hydrogens is 270 g/mol. The fourth-order valence-corrected chi connectivity index (χ4v) is 3.06. The number of para-hydroxylation sites is 1. The average molecular weight is 287 g/mol. The normalized spacial score (nSPS) is 10.9. The Labute approximate surface area is 122 Å². The van der Waals surface area contributed by atoms with Crippen LogP contribution in [-0.2, 0) is 0 Å². The first-order valence-electron chi connectivity index (χ1n) is 6.66. The van der Waals surface area contributed by atoms with Gasteiger partial charge in [-0.05, 0) is 32.4 Å². The molecule has 0 atom stereocenters. The van der Waals surface area contributed by atoms with Gasteiger partial charge in [-0.2, -0.15) is 5.26 Å². The first kappa shape index (κ1) is 14.6. The Morgan fingerprint density at radius 3 is 2.85 bits per heavy atom. The zero-order chi connectivity index (χ0) is 14.5. The lowest BCUT2D eigenvalue weighted by molar-refractivity contribution is 0.519. The second kappa shape index (κ2) is 6.58. The smallest absolute Gasteiger partial charge is 0.262 e. The summed E-state index contributed by atoms with van der Waals surface area (Å²) < 4.78 is 1.74. The SMILES string of the molecule is CC(C)n1c(SCCCC#N)nc2ccccc2c1=O. The monoisotopic (exact) mass is 287 g/mol. The van der Waals surface area contributed by atoms with E-state index in [1.54, 1.807) is 16.3 Å². The summed E-state index contributed by atoms with van der Waals surface area (Å²) in [6.07, 6.45) is 1.34. The van der Waals surface area contributed by atoms with E-state index in [0.29, 0.717) is 11.8 Å². The zero-order valence-corrected chi connectivity index (χ0v) is 12.5. The number of rotatable bonds is 5. The van der Waals surface area contributed by atoms with Gasteiger partial charge in [0.25, 0.3) is 5.56 Å². The molecule has 1 aromatic heterocycles. The second-order valence-corrected chi connectivity index (χ2v) is 5.85. The number of benzene rings is 1. The van der Waals surface area contributed by atoms with Crippen LogP contribution in [0.3, 0.4) is 0 Å². The van der Waals surface area contributed by atoms with Crippen LogP contribution in [0.15, 0.2) is 34.2 Å². The Hall–Kier alpha value is -1.80. The Morgan fingerprint density at radius 1 is 1.40 bits per heavy atom. The highest BCUT2D eigenvalue weighted by Gasteiger charge is 2.13. The summed E-state index contributed by atoms with van der Waals surface area (Å²) in [6.45, 7) is 3.97. The van der Waals surface area contributed by atoms with Gasteiger partial charge in [-0.3, -0.25) is 9.36 Å². The summed E-state index contributed by atoms with van der Waals surface area (Å²) in [4.78, 5) is 17.1. The van der Waals surface area contributed by atoms with Crippen molar-refractivity contribution < 1.29 is 0 Å². The molecule has 0 fully saturated rings. The molecule has 0 aliphatic rings. The van der Waals surface area contributed by atoms with E-state index in [1.807, 2.05) is 38.1 Å². The van der Waals surface area contributed by atoms with E-state index >= 15 is 0 Å². The molecule has 0 unspecified atom stereocenters. The third-order valence-corrected chi connectivity index (χ3v) is 3.99. The van der Waals surface area contributed by atoms with E-state index in [9.17, 15) is 4.79 Å². The Bertz CT molecular complexity index is 700. The third-order valence-electron chi connectivity index (χ3n) is 2.96. The number of aromatic nitrogens is 2. The summed E-state index contributed by atoms with van der Waals surface area (Å²) >= 11 is 1.55. The maximum absolute atomic E-state index is 12.5. The minimum atomic E-state index is 0.00776. The van der Waals surface area contributed by atoms with Gasteiger partial charge < -0.3 is 0 Å². The molecule has 0 aliphatic heterocycles. The minimum absolute atomic E-state index is 0.00776. The molecule has 1 heterocycles. The molecule has 2 aromatic rings. The summed E-state index contributed by atoms with van der Waals surface area (Å²) in [5.41, 5.74) is 0.741. The molecule has 2 rings (SSSR count). The van der Waals surface area contributed by atoms with Crippen molar-refractivity contribution in [1.82, 2.24) is 9.55 Å². The van der Waals surface area contributed by atoms with Crippen molar-refractivity contribution in [3.63, 3.8) is 0 Å². The molecule has 4 nitrogen and oxygen atoms in total. The molecule has 5 heteroatoms. The highest BCUT2D eigenvalue weighted by Crippen LogP contribution is 2.21. The van der Waals surface area contributed by atoms with Crippen LogP contribution in [0, 0.1) is 11.3 Å². The Kier molecular flexibility index (Phi) is 4.80. The quantitative estimate of drug-likeness (QED) is 0.480. The van der Waals surface area contributed by atoms with E-state index in [2.05, 4.69) is 11.1 Å². The van der Waals surface area contributed by atoms with Crippen molar-refractivity contribution in [2.75, 3.05) is 5.75 Å². The molecule has 0 bridgehead atoms. The maximum atomic E-state index is 12.5. The van der Waals surface area contributed by atoms with Crippen molar-refractivity contribution in [3.05, 3.63) is 34.6 Å². The van der Waals surface area contributed by atoms with Gasteiger partial charge in [-0.25, -0.2) is 4.98 Å². The van der Waals surface area contributed by atoms with E-state index in [0.717, 1.165) is 22.8 Å². The number of fused-ring (bicyclic) bond motifs is 1. The van der Waals surface area contributed by atoms with Crippen LogP contribution in [0.1, 0.15) is 32.7 Å². The van der Waals surface area contributed by atoms with Gasteiger partial charge >= 0.3 is 0 Å². The van der Waals surface area contributed by atoms with Crippen LogP contribution in [-0.4, -0.2) is 15.3 Å². The standard InChI is InChI=1S/C15H17N3OS/c1-11(2)18-14(19)12-7-3-4-8-13(12)17-15(18)20-10-6-5-9-16/h3-4,7-8,11H,5-6,10H2,1-2H3. The maximum Gasteiger partial charge on any atom is 0.262 e. The van der Waals surface area contributed by atoms with Crippen LogP contribution >= 0.6 is 11.8 Å². The molecule has 0 N–H and O–H groups in total. The average Bonchev–Trinajstić information content (AvgIpc) is 2.43. The molecule has 0 saturated heterocycles. The topological polar surface area (TPSA) is 58.7 Å². The first-order chi connectivity index (χ1) is 9.65. The third kappa shape index (κ3) is 3.02. The second-order valence-electron chi connectivity index (χ2n) is 4.79. The van der Waals surface area contributed by atoms with Gasteiger partial charge in [0.05, 0.1) is 17.0 Å². The summed E-state index contributed by atoms with van der Waals surface area (Å²) in [7, 11) is 0. The van der Waals surface area contributed by atoms with E-state index in [4.69, 9.17) is 5.26 Å². The van der Waals surface area contributed by atoms with Gasteiger partial charge in [0.1, 0.15) is 0 Å². The summed E-state index contributed by atoms with van der Waals surface area (Å²) in [6, 6.07) is 9.62.